The van der Waals surface area contributed by atoms with Crippen LogP contribution in [0, 0.1) is 5.82 Å². The average Bonchev–Trinajstić information content (AvgIpc) is 3.33. The summed E-state index contributed by atoms with van der Waals surface area (Å²) < 4.78 is 13.0. The molecule has 0 radical (unpaired) electrons. The molecule has 0 bridgehead atoms. The lowest BCUT2D eigenvalue weighted by Gasteiger charge is -2.27. The molecule has 1 fully saturated rings. The zero-order valence-electron chi connectivity index (χ0n) is 13.9. The van der Waals surface area contributed by atoms with Gasteiger partial charge in [-0.3, -0.25) is 4.98 Å². The number of nitrogens with one attached hydrogen (secondary N) is 1. The Hall–Kier alpha value is -2.43. The Morgan fingerprint density at radius 1 is 1.33 bits per heavy atom. The van der Waals surface area contributed by atoms with Gasteiger partial charge in [-0.1, -0.05) is 18.2 Å². The molecule has 24 heavy (non-hydrogen) atoms. The predicted molar refractivity (Wildman–Crippen MR) is 91.0 cm³/mol. The molecule has 3 rings (SSSR count). The highest BCUT2D eigenvalue weighted by molar-refractivity contribution is 5.75. The van der Waals surface area contributed by atoms with Gasteiger partial charge in [0.1, 0.15) is 5.82 Å². The number of rotatable bonds is 5. The molecule has 0 spiro atoms. The van der Waals surface area contributed by atoms with E-state index in [9.17, 15) is 9.18 Å². The van der Waals surface area contributed by atoms with Crippen LogP contribution in [0.2, 0.25) is 0 Å². The van der Waals surface area contributed by atoms with Crippen LogP contribution in [0.4, 0.5) is 9.18 Å². The first kappa shape index (κ1) is 16.4. The number of aromatic nitrogens is 1. The summed E-state index contributed by atoms with van der Waals surface area (Å²) in [7, 11) is 0. The fourth-order valence-corrected chi connectivity index (χ4v) is 2.85. The third-order valence-electron chi connectivity index (χ3n) is 4.36. The number of amides is 2. The second-order valence-corrected chi connectivity index (χ2v) is 6.53. The molecule has 4 nitrogen and oxygen atoms in total. The van der Waals surface area contributed by atoms with Crippen molar-refractivity contribution in [2.24, 2.45) is 0 Å². The SMILES string of the molecule is CC(C)N(Cc1cccnc1)C(=O)N[C@@H]1C[C@H]1c1ccc(F)cc1. The highest BCUT2D eigenvalue weighted by atomic mass is 19.1. The maximum atomic E-state index is 13.0. The van der Waals surface area contributed by atoms with Gasteiger partial charge in [0, 0.05) is 36.9 Å². The summed E-state index contributed by atoms with van der Waals surface area (Å²) in [5.74, 6) is 0.0457. The molecule has 2 amide bonds. The monoisotopic (exact) mass is 327 g/mol. The predicted octanol–water partition coefficient (Wildman–Crippen LogP) is 3.70. The number of pyridine rings is 1. The number of hydrogen-bond donors (Lipinski definition) is 1. The summed E-state index contributed by atoms with van der Waals surface area (Å²) in [6, 6.07) is 10.5. The molecule has 5 heteroatoms. The minimum absolute atomic E-state index is 0.0662. The van der Waals surface area contributed by atoms with Gasteiger partial charge in [0.25, 0.3) is 0 Å². The third-order valence-corrected chi connectivity index (χ3v) is 4.36. The summed E-state index contributed by atoms with van der Waals surface area (Å²) in [6.07, 6.45) is 4.40. The van der Waals surface area contributed by atoms with Crippen molar-refractivity contribution in [2.45, 2.75) is 44.8 Å². The number of urea groups is 1. The van der Waals surface area contributed by atoms with Crippen molar-refractivity contribution >= 4 is 6.03 Å². The molecule has 0 aliphatic heterocycles. The molecule has 126 valence electrons. The summed E-state index contributed by atoms with van der Waals surface area (Å²) in [6.45, 7) is 4.53. The summed E-state index contributed by atoms with van der Waals surface area (Å²) in [5.41, 5.74) is 2.08. The van der Waals surface area contributed by atoms with Crippen molar-refractivity contribution in [1.82, 2.24) is 15.2 Å². The van der Waals surface area contributed by atoms with Gasteiger partial charge in [-0.2, -0.15) is 0 Å². The van der Waals surface area contributed by atoms with E-state index in [1.54, 1.807) is 29.4 Å². The van der Waals surface area contributed by atoms with E-state index in [0.717, 1.165) is 17.5 Å². The first-order valence-electron chi connectivity index (χ1n) is 8.26. The molecule has 1 aromatic carbocycles. The number of nitrogens with zero attached hydrogens (tertiary/aromatic N) is 2. The van der Waals surface area contributed by atoms with E-state index in [1.165, 1.54) is 12.1 Å². The molecule has 1 heterocycles. The molecular weight excluding hydrogens is 305 g/mol. The Balaban J connectivity index is 1.59. The Bertz CT molecular complexity index is 688. The molecule has 1 aliphatic rings. The minimum atomic E-state index is -0.234. The van der Waals surface area contributed by atoms with Gasteiger partial charge in [-0.25, -0.2) is 9.18 Å². The van der Waals surface area contributed by atoms with Crippen LogP contribution in [0.5, 0.6) is 0 Å². The highest BCUT2D eigenvalue weighted by Crippen LogP contribution is 2.40. The van der Waals surface area contributed by atoms with Gasteiger partial charge in [0.2, 0.25) is 0 Å². The van der Waals surface area contributed by atoms with Crippen LogP contribution in [0.3, 0.4) is 0 Å². The van der Waals surface area contributed by atoms with Crippen LogP contribution in [0.25, 0.3) is 0 Å². The maximum Gasteiger partial charge on any atom is 0.318 e. The summed E-state index contributed by atoms with van der Waals surface area (Å²) >= 11 is 0. The first-order chi connectivity index (χ1) is 11.5. The number of hydrogen-bond acceptors (Lipinski definition) is 2. The van der Waals surface area contributed by atoms with Crippen LogP contribution in [-0.2, 0) is 6.54 Å². The largest absolute Gasteiger partial charge is 0.335 e. The topological polar surface area (TPSA) is 45.2 Å². The second kappa shape index (κ2) is 6.99. The van der Waals surface area contributed by atoms with Crippen molar-refractivity contribution in [1.29, 1.82) is 0 Å². The fourth-order valence-electron chi connectivity index (χ4n) is 2.85. The van der Waals surface area contributed by atoms with Crippen LogP contribution in [0.15, 0.2) is 48.8 Å². The zero-order chi connectivity index (χ0) is 17.1. The average molecular weight is 327 g/mol. The van der Waals surface area contributed by atoms with E-state index in [0.29, 0.717) is 6.54 Å². The van der Waals surface area contributed by atoms with Gasteiger partial charge in [-0.05, 0) is 49.6 Å². The molecule has 1 saturated carbocycles. The normalized spacial score (nSPS) is 19.2. The second-order valence-electron chi connectivity index (χ2n) is 6.53. The van der Waals surface area contributed by atoms with Gasteiger partial charge in [-0.15, -0.1) is 0 Å². The van der Waals surface area contributed by atoms with E-state index in [2.05, 4.69) is 10.3 Å². The molecule has 2 aromatic rings. The molecule has 2 atom stereocenters. The number of carbonyl (C=O) groups excluding carboxylic acids is 1. The van der Waals surface area contributed by atoms with E-state index in [4.69, 9.17) is 0 Å². The van der Waals surface area contributed by atoms with Crippen molar-refractivity contribution in [3.8, 4) is 0 Å². The maximum absolute atomic E-state index is 13.0. The van der Waals surface area contributed by atoms with Gasteiger partial charge >= 0.3 is 6.03 Å². The molecule has 0 saturated heterocycles. The number of halogens is 1. The van der Waals surface area contributed by atoms with E-state index >= 15 is 0 Å². The van der Waals surface area contributed by atoms with Crippen LogP contribution < -0.4 is 5.32 Å². The van der Waals surface area contributed by atoms with Gasteiger partial charge in [0.05, 0.1) is 0 Å². The minimum Gasteiger partial charge on any atom is -0.335 e. The molecule has 1 aromatic heterocycles. The lowest BCUT2D eigenvalue weighted by Crippen LogP contribution is -2.44. The molecular formula is C19H22FN3O. The standard InChI is InChI=1S/C19H22FN3O/c1-13(2)23(12-14-4-3-9-21-11-14)19(24)22-18-10-17(18)15-5-7-16(20)8-6-15/h3-9,11,13,17-18H,10,12H2,1-2H3,(H,22,24)/t17-,18+/m0/s1. The van der Waals surface area contributed by atoms with Gasteiger partial charge in [0.15, 0.2) is 0 Å². The summed E-state index contributed by atoms with van der Waals surface area (Å²) in [4.78, 5) is 18.5. The fraction of sp³-hybridized carbons (Fsp3) is 0.368. The zero-order valence-corrected chi connectivity index (χ0v) is 13.9. The van der Waals surface area contributed by atoms with E-state index in [-0.39, 0.29) is 29.8 Å². The third kappa shape index (κ3) is 3.91. The van der Waals surface area contributed by atoms with E-state index < -0.39 is 0 Å². The number of carbonyl (C=O) groups is 1. The first-order valence-corrected chi connectivity index (χ1v) is 8.26. The van der Waals surface area contributed by atoms with Crippen LogP contribution in [0.1, 0.15) is 37.3 Å². The molecule has 1 N–H and O–H groups in total. The Labute approximate surface area is 141 Å². The quantitative estimate of drug-likeness (QED) is 0.910. The summed E-state index contributed by atoms with van der Waals surface area (Å²) in [5, 5.41) is 3.09. The van der Waals surface area contributed by atoms with Crippen molar-refractivity contribution in [3.63, 3.8) is 0 Å². The Morgan fingerprint density at radius 2 is 2.08 bits per heavy atom. The smallest absolute Gasteiger partial charge is 0.318 e. The van der Waals surface area contributed by atoms with Crippen molar-refractivity contribution in [2.75, 3.05) is 0 Å². The van der Waals surface area contributed by atoms with Crippen LogP contribution >= 0.6 is 0 Å². The molecule has 0 unspecified atom stereocenters. The molecule has 1 aliphatic carbocycles. The lowest BCUT2D eigenvalue weighted by atomic mass is 10.1. The van der Waals surface area contributed by atoms with Gasteiger partial charge < -0.3 is 10.2 Å². The van der Waals surface area contributed by atoms with Crippen molar-refractivity contribution < 1.29 is 9.18 Å². The lowest BCUT2D eigenvalue weighted by molar-refractivity contribution is 0.179. The Morgan fingerprint density at radius 3 is 2.71 bits per heavy atom. The number of benzene rings is 1. The van der Waals surface area contributed by atoms with Crippen LogP contribution in [-0.4, -0.2) is 28.0 Å². The van der Waals surface area contributed by atoms with E-state index in [1.807, 2.05) is 26.0 Å². The van der Waals surface area contributed by atoms with Crippen molar-refractivity contribution in [3.05, 3.63) is 65.7 Å². The highest BCUT2D eigenvalue weighted by Gasteiger charge is 2.40. The Kier molecular flexibility index (Phi) is 4.79.